The van der Waals surface area contributed by atoms with Crippen LogP contribution in [0.1, 0.15) is 26.8 Å². The standard InChI is InChI=1S/C15H21IN6O2/c1-9(2)22-8-11(13(16)21-22)12-5-6-17-14(20-12)18-7-10(3)19-15(23)24-4/h5-6,8-10H,7H2,1-4H3,(H,19,23)(H,17,18,20). The average molecular weight is 444 g/mol. The van der Waals surface area contributed by atoms with Crippen LogP contribution in [0.15, 0.2) is 18.5 Å². The van der Waals surface area contributed by atoms with Gasteiger partial charge >= 0.3 is 6.09 Å². The molecule has 24 heavy (non-hydrogen) atoms. The summed E-state index contributed by atoms with van der Waals surface area (Å²) in [6.07, 6.45) is 3.22. The van der Waals surface area contributed by atoms with Crippen molar-refractivity contribution in [3.8, 4) is 11.3 Å². The van der Waals surface area contributed by atoms with E-state index in [0.717, 1.165) is 15.0 Å². The molecule has 8 nitrogen and oxygen atoms in total. The summed E-state index contributed by atoms with van der Waals surface area (Å²) in [5.41, 5.74) is 1.77. The van der Waals surface area contributed by atoms with Crippen molar-refractivity contribution < 1.29 is 9.53 Å². The molecule has 0 spiro atoms. The van der Waals surface area contributed by atoms with Crippen molar-refractivity contribution in [3.05, 3.63) is 22.2 Å². The molecule has 2 N–H and O–H groups in total. The first-order valence-electron chi connectivity index (χ1n) is 7.57. The number of nitrogens with one attached hydrogen (secondary N) is 2. The Morgan fingerprint density at radius 3 is 2.79 bits per heavy atom. The summed E-state index contributed by atoms with van der Waals surface area (Å²) < 4.78 is 7.37. The molecule has 1 unspecified atom stereocenters. The monoisotopic (exact) mass is 444 g/mol. The van der Waals surface area contributed by atoms with Gasteiger partial charge in [0.2, 0.25) is 5.95 Å². The lowest BCUT2D eigenvalue weighted by molar-refractivity contribution is 0.168. The van der Waals surface area contributed by atoms with Gasteiger partial charge in [0.05, 0.1) is 18.4 Å². The van der Waals surface area contributed by atoms with Gasteiger partial charge in [-0.2, -0.15) is 5.10 Å². The molecule has 2 rings (SSSR count). The number of anilines is 1. The maximum atomic E-state index is 11.2. The van der Waals surface area contributed by atoms with Gasteiger partial charge < -0.3 is 15.4 Å². The van der Waals surface area contributed by atoms with Crippen molar-refractivity contribution >= 4 is 34.6 Å². The minimum absolute atomic E-state index is 0.117. The van der Waals surface area contributed by atoms with Crippen molar-refractivity contribution in [2.45, 2.75) is 32.9 Å². The van der Waals surface area contributed by atoms with E-state index in [0.29, 0.717) is 12.5 Å². The molecule has 0 aromatic carbocycles. The summed E-state index contributed by atoms with van der Waals surface area (Å²) in [7, 11) is 1.33. The Labute approximate surface area is 154 Å². The summed E-state index contributed by atoms with van der Waals surface area (Å²) in [5, 5.41) is 10.3. The van der Waals surface area contributed by atoms with Crippen molar-refractivity contribution in [2.75, 3.05) is 19.0 Å². The number of hydrogen-bond acceptors (Lipinski definition) is 6. The van der Waals surface area contributed by atoms with Crippen LogP contribution in [0.5, 0.6) is 0 Å². The van der Waals surface area contributed by atoms with E-state index in [-0.39, 0.29) is 12.1 Å². The Hall–Kier alpha value is -1.91. The summed E-state index contributed by atoms with van der Waals surface area (Å²) in [6, 6.07) is 2.02. The number of hydrogen-bond donors (Lipinski definition) is 2. The van der Waals surface area contributed by atoms with E-state index < -0.39 is 6.09 Å². The van der Waals surface area contributed by atoms with Crippen LogP contribution in [-0.4, -0.2) is 45.5 Å². The smallest absolute Gasteiger partial charge is 0.407 e. The third-order valence-corrected chi connectivity index (χ3v) is 4.06. The molecule has 0 radical (unpaired) electrons. The third-order valence-electron chi connectivity index (χ3n) is 3.26. The molecular formula is C15H21IN6O2. The molecule has 2 heterocycles. The van der Waals surface area contributed by atoms with E-state index in [9.17, 15) is 4.79 Å². The number of alkyl carbamates (subject to hydrolysis) is 1. The summed E-state index contributed by atoms with van der Waals surface area (Å²) in [6.45, 7) is 6.51. The zero-order chi connectivity index (χ0) is 17.7. The van der Waals surface area contributed by atoms with Gasteiger partial charge in [0, 0.05) is 31.0 Å². The van der Waals surface area contributed by atoms with Crippen molar-refractivity contribution in [1.82, 2.24) is 25.1 Å². The number of amides is 1. The number of ether oxygens (including phenoxy) is 1. The molecule has 0 bridgehead atoms. The number of carbonyl (C=O) groups excluding carboxylic acids is 1. The minimum atomic E-state index is -0.463. The van der Waals surface area contributed by atoms with E-state index in [2.05, 4.69) is 66.9 Å². The molecule has 9 heteroatoms. The molecule has 1 amide bonds. The Bertz CT molecular complexity index is 703. The lowest BCUT2D eigenvalue weighted by atomic mass is 10.2. The quantitative estimate of drug-likeness (QED) is 0.666. The van der Waals surface area contributed by atoms with E-state index in [4.69, 9.17) is 0 Å². The fraction of sp³-hybridized carbons (Fsp3) is 0.467. The van der Waals surface area contributed by atoms with E-state index in [1.54, 1.807) is 6.20 Å². The summed E-state index contributed by atoms with van der Waals surface area (Å²) in [4.78, 5) is 19.9. The maximum Gasteiger partial charge on any atom is 0.407 e. The fourth-order valence-corrected chi connectivity index (χ4v) is 2.62. The van der Waals surface area contributed by atoms with E-state index in [1.165, 1.54) is 7.11 Å². The predicted molar refractivity (Wildman–Crippen MR) is 99.8 cm³/mol. The second-order valence-electron chi connectivity index (χ2n) is 5.59. The number of nitrogens with zero attached hydrogens (tertiary/aromatic N) is 4. The minimum Gasteiger partial charge on any atom is -0.453 e. The molecule has 0 fully saturated rings. The third kappa shape index (κ3) is 4.79. The van der Waals surface area contributed by atoms with Crippen LogP contribution < -0.4 is 10.6 Å². The second-order valence-corrected chi connectivity index (χ2v) is 6.61. The van der Waals surface area contributed by atoms with Crippen LogP contribution in [0.3, 0.4) is 0 Å². The highest BCUT2D eigenvalue weighted by Gasteiger charge is 2.13. The van der Waals surface area contributed by atoms with Gasteiger partial charge in [-0.15, -0.1) is 0 Å². The highest BCUT2D eigenvalue weighted by atomic mass is 127. The van der Waals surface area contributed by atoms with Crippen LogP contribution >= 0.6 is 22.6 Å². The molecule has 0 aliphatic carbocycles. The van der Waals surface area contributed by atoms with Crippen molar-refractivity contribution in [2.24, 2.45) is 0 Å². The van der Waals surface area contributed by atoms with Crippen LogP contribution in [0, 0.1) is 3.70 Å². The highest BCUT2D eigenvalue weighted by molar-refractivity contribution is 14.1. The number of rotatable bonds is 6. The maximum absolute atomic E-state index is 11.2. The first-order valence-corrected chi connectivity index (χ1v) is 8.65. The Kier molecular flexibility index (Phi) is 6.35. The van der Waals surface area contributed by atoms with E-state index in [1.807, 2.05) is 23.9 Å². The van der Waals surface area contributed by atoms with Gasteiger partial charge in [-0.3, -0.25) is 4.68 Å². The molecule has 0 saturated heterocycles. The first-order chi connectivity index (χ1) is 11.4. The van der Waals surface area contributed by atoms with Crippen molar-refractivity contribution in [1.29, 1.82) is 0 Å². The molecule has 0 aliphatic heterocycles. The molecule has 0 saturated carbocycles. The van der Waals surface area contributed by atoms with Crippen LogP contribution in [0.4, 0.5) is 10.7 Å². The van der Waals surface area contributed by atoms with Gasteiger partial charge in [0.1, 0.15) is 3.70 Å². The van der Waals surface area contributed by atoms with Gasteiger partial charge in [-0.05, 0) is 49.4 Å². The van der Waals surface area contributed by atoms with Gasteiger partial charge in [-0.25, -0.2) is 14.8 Å². The van der Waals surface area contributed by atoms with Crippen molar-refractivity contribution in [3.63, 3.8) is 0 Å². The predicted octanol–water partition coefficient (Wildman–Crippen LogP) is 2.68. The Balaban J connectivity index is 2.08. The SMILES string of the molecule is COC(=O)NC(C)CNc1nccc(-c2cn(C(C)C)nc2I)n1. The Morgan fingerprint density at radius 2 is 2.17 bits per heavy atom. The number of halogens is 1. The topological polar surface area (TPSA) is 94.0 Å². The largest absolute Gasteiger partial charge is 0.453 e. The Morgan fingerprint density at radius 1 is 1.42 bits per heavy atom. The van der Waals surface area contributed by atoms with Crippen LogP contribution in [-0.2, 0) is 4.74 Å². The second kappa shape index (κ2) is 8.27. The summed E-state index contributed by atoms with van der Waals surface area (Å²) in [5.74, 6) is 0.499. The number of methoxy groups -OCH3 is 1. The van der Waals surface area contributed by atoms with Crippen LogP contribution in [0.25, 0.3) is 11.3 Å². The fourth-order valence-electron chi connectivity index (χ4n) is 1.96. The molecular weight excluding hydrogens is 423 g/mol. The zero-order valence-electron chi connectivity index (χ0n) is 14.1. The van der Waals surface area contributed by atoms with Crippen LogP contribution in [0.2, 0.25) is 0 Å². The highest BCUT2D eigenvalue weighted by Crippen LogP contribution is 2.24. The number of carbonyl (C=O) groups is 1. The molecule has 0 aliphatic rings. The lowest BCUT2D eigenvalue weighted by Gasteiger charge is -2.13. The molecule has 1 atom stereocenters. The molecule has 2 aromatic rings. The normalized spacial score (nSPS) is 12.1. The number of aromatic nitrogens is 4. The van der Waals surface area contributed by atoms with E-state index >= 15 is 0 Å². The average Bonchev–Trinajstić information content (AvgIpc) is 2.95. The summed E-state index contributed by atoms with van der Waals surface area (Å²) >= 11 is 2.20. The molecule has 130 valence electrons. The van der Waals surface area contributed by atoms with Gasteiger partial charge in [0.15, 0.2) is 0 Å². The zero-order valence-corrected chi connectivity index (χ0v) is 16.2. The molecule has 2 aromatic heterocycles. The lowest BCUT2D eigenvalue weighted by Crippen LogP contribution is -2.37. The van der Waals surface area contributed by atoms with Gasteiger partial charge in [0.25, 0.3) is 0 Å². The first kappa shape index (κ1) is 18.4. The van der Waals surface area contributed by atoms with Gasteiger partial charge in [-0.1, -0.05) is 0 Å².